The number of pyridine rings is 1. The Balaban J connectivity index is 1.74. The van der Waals surface area contributed by atoms with Crippen LogP contribution in [0.1, 0.15) is 42.6 Å². The van der Waals surface area contributed by atoms with Crippen molar-refractivity contribution in [1.82, 2.24) is 14.1 Å². The van der Waals surface area contributed by atoms with Gasteiger partial charge in [-0.25, -0.2) is 22.9 Å². The van der Waals surface area contributed by atoms with Crippen molar-refractivity contribution in [2.75, 3.05) is 0 Å². The molecule has 10 heteroatoms. The van der Waals surface area contributed by atoms with E-state index in [2.05, 4.69) is 9.71 Å². The first-order chi connectivity index (χ1) is 13.4. The normalized spacial score (nSPS) is 12.3. The highest BCUT2D eigenvalue weighted by molar-refractivity contribution is 7.89. The lowest BCUT2D eigenvalue weighted by Gasteiger charge is -2.18. The molecular weight excluding hydrogens is 398 g/mol. The van der Waals surface area contributed by atoms with Crippen molar-refractivity contribution in [2.24, 2.45) is 0 Å². The summed E-state index contributed by atoms with van der Waals surface area (Å²) in [5, 5.41) is -0.392. The van der Waals surface area contributed by atoms with Crippen molar-refractivity contribution in [3.63, 3.8) is 0 Å². The van der Waals surface area contributed by atoms with Crippen molar-refractivity contribution in [1.29, 1.82) is 0 Å². The second-order valence-electron chi connectivity index (χ2n) is 7.57. The fourth-order valence-electron chi connectivity index (χ4n) is 2.57. The number of aromatic nitrogens is 2. The first-order valence-electron chi connectivity index (χ1n) is 8.74. The number of carbonyl (C=O) groups is 1. The standard InChI is InChI=1S/C19H21N3O6S/c1-12-5-7-15-20-13(9-16(23)22(15)10-12)11-27-18(24)14-6-8-17(28-14)29(25,26)21-19(2,3)4/h5-10,21H,11H2,1-4H3. The molecule has 0 bridgehead atoms. The predicted molar refractivity (Wildman–Crippen MR) is 104 cm³/mol. The largest absolute Gasteiger partial charge is 0.453 e. The quantitative estimate of drug-likeness (QED) is 0.628. The van der Waals surface area contributed by atoms with E-state index < -0.39 is 26.6 Å². The summed E-state index contributed by atoms with van der Waals surface area (Å²) in [5.41, 5.74) is 0.588. The summed E-state index contributed by atoms with van der Waals surface area (Å²) in [6, 6.07) is 7.16. The number of hydrogen-bond acceptors (Lipinski definition) is 7. The van der Waals surface area contributed by atoms with Crippen LogP contribution in [0.4, 0.5) is 0 Å². The SMILES string of the molecule is Cc1ccc2nc(COC(=O)c3ccc(S(=O)(=O)NC(C)(C)C)o3)cc(=O)n2c1. The van der Waals surface area contributed by atoms with E-state index >= 15 is 0 Å². The minimum absolute atomic E-state index is 0.262. The van der Waals surface area contributed by atoms with Crippen molar-refractivity contribution in [3.05, 3.63) is 63.9 Å². The molecule has 0 atom stereocenters. The molecule has 0 fully saturated rings. The summed E-state index contributed by atoms with van der Waals surface area (Å²) in [5.74, 6) is -1.14. The van der Waals surface area contributed by atoms with Gasteiger partial charge in [0.15, 0.2) is 0 Å². The Bertz CT molecular complexity index is 1230. The van der Waals surface area contributed by atoms with Gasteiger partial charge in [0.05, 0.1) is 5.69 Å². The molecule has 0 amide bonds. The van der Waals surface area contributed by atoms with E-state index in [0.29, 0.717) is 5.65 Å². The Morgan fingerprint density at radius 3 is 2.66 bits per heavy atom. The van der Waals surface area contributed by atoms with Crippen LogP contribution in [0.25, 0.3) is 5.65 Å². The Morgan fingerprint density at radius 2 is 1.97 bits per heavy atom. The Kier molecular flexibility index (Phi) is 5.33. The first kappa shape index (κ1) is 20.7. The molecule has 0 saturated heterocycles. The Labute approximate surface area is 167 Å². The minimum atomic E-state index is -3.91. The molecule has 0 aromatic carbocycles. The maximum atomic E-state index is 12.2. The molecule has 1 N–H and O–H groups in total. The summed E-state index contributed by atoms with van der Waals surface area (Å²) in [7, 11) is -3.91. The predicted octanol–water partition coefficient (Wildman–Crippen LogP) is 2.03. The molecule has 0 spiro atoms. The fraction of sp³-hybridized carbons (Fsp3) is 0.316. The third-order valence-corrected chi connectivity index (χ3v) is 5.33. The smallest absolute Gasteiger partial charge is 0.374 e. The molecule has 29 heavy (non-hydrogen) atoms. The maximum Gasteiger partial charge on any atom is 0.374 e. The van der Waals surface area contributed by atoms with E-state index in [-0.39, 0.29) is 23.6 Å². The molecule has 3 heterocycles. The molecule has 154 valence electrons. The summed E-state index contributed by atoms with van der Waals surface area (Å²) in [6.45, 7) is 6.65. The number of fused-ring (bicyclic) bond motifs is 1. The fourth-order valence-corrected chi connectivity index (χ4v) is 3.92. The van der Waals surface area contributed by atoms with E-state index in [4.69, 9.17) is 9.15 Å². The topological polar surface area (TPSA) is 120 Å². The maximum absolute atomic E-state index is 12.2. The number of esters is 1. The minimum Gasteiger partial charge on any atom is -0.453 e. The van der Waals surface area contributed by atoms with Crippen LogP contribution < -0.4 is 10.3 Å². The van der Waals surface area contributed by atoms with Gasteiger partial charge < -0.3 is 9.15 Å². The molecule has 3 aromatic rings. The number of carbonyl (C=O) groups excluding carboxylic acids is 1. The Hall–Kier alpha value is -2.98. The molecule has 0 radical (unpaired) electrons. The molecule has 0 saturated carbocycles. The van der Waals surface area contributed by atoms with E-state index in [1.165, 1.54) is 22.6 Å². The average molecular weight is 419 g/mol. The van der Waals surface area contributed by atoms with E-state index in [9.17, 15) is 18.0 Å². The van der Waals surface area contributed by atoms with Gasteiger partial charge in [-0.05, 0) is 51.5 Å². The highest BCUT2D eigenvalue weighted by Gasteiger charge is 2.26. The van der Waals surface area contributed by atoms with Gasteiger partial charge in [0.25, 0.3) is 15.6 Å². The second-order valence-corrected chi connectivity index (χ2v) is 9.18. The van der Waals surface area contributed by atoms with Gasteiger partial charge >= 0.3 is 5.97 Å². The third-order valence-electron chi connectivity index (χ3n) is 3.70. The van der Waals surface area contributed by atoms with E-state index in [1.54, 1.807) is 33.0 Å². The van der Waals surface area contributed by atoms with Crippen molar-refractivity contribution < 1.29 is 22.4 Å². The molecule has 3 aromatic heterocycles. The van der Waals surface area contributed by atoms with Gasteiger partial charge in [-0.15, -0.1) is 0 Å². The zero-order valence-electron chi connectivity index (χ0n) is 16.4. The van der Waals surface area contributed by atoms with Gasteiger partial charge in [-0.3, -0.25) is 9.20 Å². The lowest BCUT2D eigenvalue weighted by atomic mass is 10.1. The second kappa shape index (κ2) is 7.45. The molecular formula is C19H21N3O6S. The summed E-state index contributed by atoms with van der Waals surface area (Å²) in [6.07, 6.45) is 1.66. The number of nitrogens with zero attached hydrogens (tertiary/aromatic N) is 2. The van der Waals surface area contributed by atoms with Crippen molar-refractivity contribution in [2.45, 2.75) is 44.9 Å². The number of furan rings is 1. The van der Waals surface area contributed by atoms with Crippen LogP contribution in [0.5, 0.6) is 0 Å². The van der Waals surface area contributed by atoms with Gasteiger partial charge in [0.1, 0.15) is 12.3 Å². The van der Waals surface area contributed by atoms with Crippen LogP contribution >= 0.6 is 0 Å². The zero-order chi connectivity index (χ0) is 21.4. The van der Waals surface area contributed by atoms with Gasteiger partial charge in [0.2, 0.25) is 10.9 Å². The van der Waals surface area contributed by atoms with Crippen LogP contribution in [0.3, 0.4) is 0 Å². The molecule has 9 nitrogen and oxygen atoms in total. The van der Waals surface area contributed by atoms with Crippen LogP contribution in [0.15, 0.2) is 50.8 Å². The molecule has 0 aliphatic heterocycles. The number of rotatable bonds is 5. The number of ether oxygens (including phenoxy) is 1. The lowest BCUT2D eigenvalue weighted by molar-refractivity contribution is 0.0425. The van der Waals surface area contributed by atoms with Crippen LogP contribution in [0, 0.1) is 6.92 Å². The number of hydrogen-bond donors (Lipinski definition) is 1. The van der Waals surface area contributed by atoms with E-state index in [0.717, 1.165) is 5.56 Å². The van der Waals surface area contributed by atoms with Gasteiger partial charge in [-0.1, -0.05) is 6.07 Å². The molecule has 3 rings (SSSR count). The van der Waals surface area contributed by atoms with Crippen molar-refractivity contribution >= 4 is 21.6 Å². The number of aryl methyl sites for hydroxylation is 1. The van der Waals surface area contributed by atoms with Crippen LogP contribution in [-0.2, 0) is 21.4 Å². The van der Waals surface area contributed by atoms with Gasteiger partial charge in [-0.2, -0.15) is 0 Å². The third kappa shape index (κ3) is 4.90. The molecule has 0 unspecified atom stereocenters. The first-order valence-corrected chi connectivity index (χ1v) is 10.2. The zero-order valence-corrected chi connectivity index (χ0v) is 17.2. The number of nitrogens with one attached hydrogen (secondary N) is 1. The van der Waals surface area contributed by atoms with Crippen molar-refractivity contribution in [3.8, 4) is 0 Å². The molecule has 0 aliphatic rings. The summed E-state index contributed by atoms with van der Waals surface area (Å²) >= 11 is 0. The lowest BCUT2D eigenvalue weighted by Crippen LogP contribution is -2.40. The van der Waals surface area contributed by atoms with Gasteiger partial charge in [0, 0.05) is 17.8 Å². The molecule has 0 aliphatic carbocycles. The average Bonchev–Trinajstić information content (AvgIpc) is 3.09. The van der Waals surface area contributed by atoms with Crippen LogP contribution in [0.2, 0.25) is 0 Å². The van der Waals surface area contributed by atoms with E-state index in [1.807, 2.05) is 13.0 Å². The van der Waals surface area contributed by atoms with Crippen LogP contribution in [-0.4, -0.2) is 29.3 Å². The highest BCUT2D eigenvalue weighted by Crippen LogP contribution is 2.17. The summed E-state index contributed by atoms with van der Waals surface area (Å²) in [4.78, 5) is 28.7. The summed E-state index contributed by atoms with van der Waals surface area (Å²) < 4.78 is 38.6. The monoisotopic (exact) mass is 419 g/mol. The highest BCUT2D eigenvalue weighted by atomic mass is 32.2. The Morgan fingerprint density at radius 1 is 1.24 bits per heavy atom. The number of sulfonamides is 1.